The summed E-state index contributed by atoms with van der Waals surface area (Å²) < 4.78 is 0. The predicted molar refractivity (Wildman–Crippen MR) is 72.6 cm³/mol. The number of thiocarbonyl (C=S) groups is 1. The number of hydrogen-bond acceptors (Lipinski definition) is 2. The summed E-state index contributed by atoms with van der Waals surface area (Å²) in [5.74, 6) is -0.0903. The van der Waals surface area contributed by atoms with E-state index >= 15 is 0 Å². The molecule has 0 aromatic heterocycles. The molecular formula is C12H11ClN2OS. The summed E-state index contributed by atoms with van der Waals surface area (Å²) in [6, 6.07) is 7.29. The van der Waals surface area contributed by atoms with Crippen LogP contribution in [0.4, 0.5) is 0 Å². The van der Waals surface area contributed by atoms with E-state index in [-0.39, 0.29) is 5.91 Å². The minimum absolute atomic E-state index is 0.0903. The average molecular weight is 267 g/mol. The Morgan fingerprint density at radius 2 is 1.76 bits per heavy atom. The van der Waals surface area contributed by atoms with Crippen molar-refractivity contribution >= 4 is 40.9 Å². The first-order valence-electron chi connectivity index (χ1n) is 5.03. The van der Waals surface area contributed by atoms with Gasteiger partial charge in [0.2, 0.25) is 0 Å². The molecule has 0 atom stereocenters. The Bertz CT molecular complexity index is 510. The van der Waals surface area contributed by atoms with Crippen molar-refractivity contribution in [3.8, 4) is 0 Å². The fraction of sp³-hybridized carbons (Fsp3) is 0.167. The second-order valence-electron chi connectivity index (χ2n) is 3.79. The number of halogens is 1. The first-order chi connectivity index (χ1) is 8.00. The van der Waals surface area contributed by atoms with Crippen LogP contribution in [-0.2, 0) is 4.79 Å². The monoisotopic (exact) mass is 266 g/mol. The molecule has 0 N–H and O–H groups in total. The second kappa shape index (κ2) is 4.47. The molecule has 0 unspecified atom stereocenters. The van der Waals surface area contributed by atoms with E-state index in [9.17, 15) is 4.79 Å². The van der Waals surface area contributed by atoms with Crippen LogP contribution in [0.2, 0.25) is 5.02 Å². The molecule has 1 amide bonds. The fourth-order valence-electron chi connectivity index (χ4n) is 1.61. The number of carbonyl (C=O) groups is 1. The molecule has 1 aliphatic heterocycles. The van der Waals surface area contributed by atoms with Crippen LogP contribution < -0.4 is 0 Å². The molecule has 0 aliphatic carbocycles. The highest BCUT2D eigenvalue weighted by Crippen LogP contribution is 2.21. The maximum absolute atomic E-state index is 11.9. The highest BCUT2D eigenvalue weighted by atomic mass is 35.5. The smallest absolute Gasteiger partial charge is 0.276 e. The van der Waals surface area contributed by atoms with Crippen molar-refractivity contribution in [3.05, 3.63) is 40.5 Å². The van der Waals surface area contributed by atoms with E-state index in [1.165, 1.54) is 4.90 Å². The lowest BCUT2D eigenvalue weighted by atomic mass is 10.2. The normalized spacial score (nSPS) is 18.4. The molecule has 0 bridgehead atoms. The Morgan fingerprint density at radius 3 is 2.24 bits per heavy atom. The molecular weight excluding hydrogens is 256 g/mol. The highest BCUT2D eigenvalue weighted by Gasteiger charge is 2.32. The standard InChI is InChI=1S/C12H11ClN2OS/c1-14-10(11(16)15(2)12(14)17)7-8-3-5-9(13)6-4-8/h3-7H,1-2H3/b10-7-. The van der Waals surface area contributed by atoms with Gasteiger partial charge in [0.25, 0.3) is 5.91 Å². The van der Waals surface area contributed by atoms with E-state index in [1.807, 2.05) is 12.1 Å². The Morgan fingerprint density at radius 1 is 1.18 bits per heavy atom. The molecule has 1 saturated heterocycles. The van der Waals surface area contributed by atoms with Gasteiger partial charge in [-0.15, -0.1) is 0 Å². The number of hydrogen-bond donors (Lipinski definition) is 0. The molecule has 1 fully saturated rings. The molecule has 1 aromatic rings. The minimum Gasteiger partial charge on any atom is -0.317 e. The van der Waals surface area contributed by atoms with Crippen molar-refractivity contribution in [1.29, 1.82) is 0 Å². The van der Waals surface area contributed by atoms with E-state index < -0.39 is 0 Å². The molecule has 3 nitrogen and oxygen atoms in total. The Hall–Kier alpha value is -1.39. The summed E-state index contributed by atoms with van der Waals surface area (Å²) in [5, 5.41) is 1.18. The van der Waals surface area contributed by atoms with Gasteiger partial charge in [0.05, 0.1) is 0 Å². The van der Waals surface area contributed by atoms with E-state index in [1.54, 1.807) is 37.2 Å². The molecule has 0 saturated carbocycles. The van der Waals surface area contributed by atoms with Crippen LogP contribution in [0.3, 0.4) is 0 Å². The maximum Gasteiger partial charge on any atom is 0.276 e. The van der Waals surface area contributed by atoms with Crippen molar-refractivity contribution in [2.24, 2.45) is 0 Å². The van der Waals surface area contributed by atoms with Crippen LogP contribution in [0.5, 0.6) is 0 Å². The number of nitrogens with zero attached hydrogens (tertiary/aromatic N) is 2. The van der Waals surface area contributed by atoms with Gasteiger partial charge in [-0.05, 0) is 36.0 Å². The molecule has 0 radical (unpaired) electrons. The third-order valence-corrected chi connectivity index (χ3v) is 3.43. The largest absolute Gasteiger partial charge is 0.317 e. The van der Waals surface area contributed by atoms with Gasteiger partial charge >= 0.3 is 0 Å². The Kier molecular flexibility index (Phi) is 3.17. The third kappa shape index (κ3) is 2.18. The Balaban J connectivity index is 2.37. The average Bonchev–Trinajstić information content (AvgIpc) is 2.50. The van der Waals surface area contributed by atoms with Crippen LogP contribution in [0.15, 0.2) is 30.0 Å². The number of rotatable bonds is 1. The molecule has 1 heterocycles. The molecule has 17 heavy (non-hydrogen) atoms. The molecule has 1 aromatic carbocycles. The zero-order valence-corrected chi connectivity index (χ0v) is 11.0. The summed E-state index contributed by atoms with van der Waals surface area (Å²) in [4.78, 5) is 15.1. The number of carbonyl (C=O) groups excluding carboxylic acids is 1. The van der Waals surface area contributed by atoms with Gasteiger partial charge in [-0.1, -0.05) is 23.7 Å². The van der Waals surface area contributed by atoms with Crippen molar-refractivity contribution in [2.45, 2.75) is 0 Å². The summed E-state index contributed by atoms with van der Waals surface area (Å²) in [6.45, 7) is 0. The second-order valence-corrected chi connectivity index (χ2v) is 4.59. The first-order valence-corrected chi connectivity index (χ1v) is 5.82. The first kappa shape index (κ1) is 12.1. The van der Waals surface area contributed by atoms with Gasteiger partial charge in [-0.2, -0.15) is 0 Å². The van der Waals surface area contributed by atoms with E-state index in [2.05, 4.69) is 0 Å². The number of benzene rings is 1. The molecule has 88 valence electrons. The third-order valence-electron chi connectivity index (χ3n) is 2.63. The summed E-state index contributed by atoms with van der Waals surface area (Å²) in [5.41, 5.74) is 1.49. The van der Waals surface area contributed by atoms with Gasteiger partial charge in [-0.25, -0.2) is 0 Å². The minimum atomic E-state index is -0.0903. The summed E-state index contributed by atoms with van der Waals surface area (Å²) >= 11 is 10.9. The predicted octanol–water partition coefficient (Wildman–Crippen LogP) is 2.37. The summed E-state index contributed by atoms with van der Waals surface area (Å²) in [6.07, 6.45) is 1.80. The summed E-state index contributed by atoms with van der Waals surface area (Å²) in [7, 11) is 3.45. The number of amides is 1. The van der Waals surface area contributed by atoms with Crippen LogP contribution in [0.1, 0.15) is 5.56 Å². The van der Waals surface area contributed by atoms with E-state index in [0.29, 0.717) is 15.8 Å². The fourth-order valence-corrected chi connectivity index (χ4v) is 1.91. The van der Waals surface area contributed by atoms with Gasteiger partial charge in [0.15, 0.2) is 5.11 Å². The SMILES string of the molecule is CN1C(=O)/C(=C/c2ccc(Cl)cc2)N(C)C1=S. The van der Waals surface area contributed by atoms with Gasteiger partial charge in [0, 0.05) is 19.1 Å². The zero-order chi connectivity index (χ0) is 12.6. The van der Waals surface area contributed by atoms with Gasteiger partial charge < -0.3 is 4.90 Å². The topological polar surface area (TPSA) is 23.6 Å². The van der Waals surface area contributed by atoms with Crippen molar-refractivity contribution in [2.75, 3.05) is 14.1 Å². The molecule has 2 rings (SSSR count). The lowest BCUT2D eigenvalue weighted by Gasteiger charge is -2.11. The van der Waals surface area contributed by atoms with Crippen molar-refractivity contribution in [1.82, 2.24) is 9.80 Å². The van der Waals surface area contributed by atoms with Crippen LogP contribution in [-0.4, -0.2) is 34.9 Å². The lowest BCUT2D eigenvalue weighted by molar-refractivity contribution is -0.121. The van der Waals surface area contributed by atoms with Crippen LogP contribution in [0, 0.1) is 0 Å². The zero-order valence-electron chi connectivity index (χ0n) is 9.48. The van der Waals surface area contributed by atoms with Crippen LogP contribution in [0.25, 0.3) is 6.08 Å². The van der Waals surface area contributed by atoms with E-state index in [0.717, 1.165) is 5.56 Å². The molecule has 0 spiro atoms. The maximum atomic E-state index is 11.9. The lowest BCUT2D eigenvalue weighted by Crippen LogP contribution is -2.26. The quantitative estimate of drug-likeness (QED) is 0.576. The highest BCUT2D eigenvalue weighted by molar-refractivity contribution is 7.80. The molecule has 1 aliphatic rings. The Labute approximate surface area is 110 Å². The van der Waals surface area contributed by atoms with Gasteiger partial charge in [-0.3, -0.25) is 9.69 Å². The van der Waals surface area contributed by atoms with Crippen molar-refractivity contribution < 1.29 is 4.79 Å². The number of likely N-dealkylation sites (N-methyl/N-ethyl adjacent to an activating group) is 2. The molecule has 5 heteroatoms. The van der Waals surface area contributed by atoms with Crippen molar-refractivity contribution in [3.63, 3.8) is 0 Å². The van der Waals surface area contributed by atoms with E-state index in [4.69, 9.17) is 23.8 Å². The van der Waals surface area contributed by atoms with Crippen LogP contribution >= 0.6 is 23.8 Å². The van der Waals surface area contributed by atoms with Gasteiger partial charge in [0.1, 0.15) is 5.70 Å².